The molecule has 6 nitrogen and oxygen atoms in total. The van der Waals surface area contributed by atoms with E-state index in [2.05, 4.69) is 9.97 Å². The second-order valence-electron chi connectivity index (χ2n) is 2.98. The zero-order valence-corrected chi connectivity index (χ0v) is 8.04. The lowest BCUT2D eigenvalue weighted by Crippen LogP contribution is -2.03. The fraction of sp³-hybridized carbons (Fsp3) is 0.222. The molecule has 0 fully saturated rings. The normalized spacial score (nSPS) is 10.5. The fourth-order valence-electron chi connectivity index (χ4n) is 1.31. The minimum absolute atomic E-state index is 0.0751. The molecule has 2 heterocycles. The Morgan fingerprint density at radius 1 is 1.53 bits per heavy atom. The Labute approximate surface area is 85.2 Å². The third kappa shape index (κ3) is 1.74. The molecule has 2 aromatic rings. The highest BCUT2D eigenvalue weighted by Gasteiger charge is 2.08. The van der Waals surface area contributed by atoms with E-state index in [1.807, 2.05) is 0 Å². The minimum atomic E-state index is -0.896. The van der Waals surface area contributed by atoms with Crippen LogP contribution in [0.4, 0.5) is 0 Å². The van der Waals surface area contributed by atoms with Gasteiger partial charge < -0.3 is 9.84 Å². The van der Waals surface area contributed by atoms with E-state index in [1.165, 1.54) is 19.5 Å². The smallest absolute Gasteiger partial charge is 0.309 e. The summed E-state index contributed by atoms with van der Waals surface area (Å²) in [6.45, 7) is 0. The monoisotopic (exact) mass is 207 g/mol. The molecule has 0 radical (unpaired) electrons. The van der Waals surface area contributed by atoms with E-state index in [0.29, 0.717) is 17.2 Å². The van der Waals surface area contributed by atoms with Gasteiger partial charge in [-0.25, -0.2) is 9.97 Å². The van der Waals surface area contributed by atoms with E-state index in [9.17, 15) is 4.79 Å². The van der Waals surface area contributed by atoms with Crippen molar-refractivity contribution in [1.82, 2.24) is 14.4 Å². The quantitative estimate of drug-likeness (QED) is 0.786. The van der Waals surface area contributed by atoms with Crippen molar-refractivity contribution in [2.24, 2.45) is 0 Å². The van der Waals surface area contributed by atoms with E-state index in [0.717, 1.165) is 0 Å². The Kier molecular flexibility index (Phi) is 2.24. The largest absolute Gasteiger partial charge is 0.481 e. The maximum Gasteiger partial charge on any atom is 0.309 e. The second kappa shape index (κ2) is 3.56. The molecular formula is C9H9N3O3. The van der Waals surface area contributed by atoms with Crippen LogP contribution in [0.15, 0.2) is 18.6 Å². The average Bonchev–Trinajstić information content (AvgIpc) is 2.60. The summed E-state index contributed by atoms with van der Waals surface area (Å²) < 4.78 is 6.60. The number of fused-ring (bicyclic) bond motifs is 1. The van der Waals surface area contributed by atoms with Gasteiger partial charge in [0.05, 0.1) is 31.6 Å². The summed E-state index contributed by atoms with van der Waals surface area (Å²) >= 11 is 0. The Morgan fingerprint density at radius 3 is 3.00 bits per heavy atom. The molecule has 0 aliphatic heterocycles. The first-order valence-corrected chi connectivity index (χ1v) is 4.28. The van der Waals surface area contributed by atoms with Gasteiger partial charge >= 0.3 is 5.97 Å². The molecule has 0 aromatic carbocycles. The highest BCUT2D eigenvalue weighted by Crippen LogP contribution is 2.11. The summed E-state index contributed by atoms with van der Waals surface area (Å²) in [5.41, 5.74) is 1.20. The molecule has 0 atom stereocenters. The van der Waals surface area contributed by atoms with Crippen LogP contribution in [0.25, 0.3) is 5.65 Å². The van der Waals surface area contributed by atoms with E-state index >= 15 is 0 Å². The van der Waals surface area contributed by atoms with E-state index < -0.39 is 5.97 Å². The van der Waals surface area contributed by atoms with Crippen molar-refractivity contribution in [1.29, 1.82) is 0 Å². The standard InChI is InChI=1S/C9H9N3O3/c1-15-8-5-12-6(2-9(13)14)3-10-7(12)4-11-8/h3-5H,2H2,1H3,(H,13,14). The predicted molar refractivity (Wildman–Crippen MR) is 50.9 cm³/mol. The van der Waals surface area contributed by atoms with Gasteiger partial charge in [0.1, 0.15) is 0 Å². The van der Waals surface area contributed by atoms with Gasteiger partial charge in [-0.2, -0.15) is 0 Å². The number of aromatic nitrogens is 3. The number of nitrogens with zero attached hydrogens (tertiary/aromatic N) is 3. The number of rotatable bonds is 3. The molecule has 0 spiro atoms. The van der Waals surface area contributed by atoms with Crippen molar-refractivity contribution in [2.75, 3.05) is 7.11 Å². The van der Waals surface area contributed by atoms with Gasteiger partial charge in [-0.1, -0.05) is 0 Å². The molecule has 0 saturated carbocycles. The van der Waals surface area contributed by atoms with Crippen LogP contribution < -0.4 is 4.74 Å². The molecule has 78 valence electrons. The molecule has 0 unspecified atom stereocenters. The Balaban J connectivity index is 2.51. The first-order valence-electron chi connectivity index (χ1n) is 4.28. The molecule has 2 rings (SSSR count). The van der Waals surface area contributed by atoms with Crippen LogP contribution in [-0.4, -0.2) is 32.6 Å². The molecule has 0 bridgehead atoms. The lowest BCUT2D eigenvalue weighted by Gasteiger charge is -2.01. The van der Waals surface area contributed by atoms with Crippen molar-refractivity contribution in [2.45, 2.75) is 6.42 Å². The summed E-state index contributed by atoms with van der Waals surface area (Å²) in [6.07, 6.45) is 4.59. The summed E-state index contributed by atoms with van der Waals surface area (Å²) in [5.74, 6) is -0.472. The van der Waals surface area contributed by atoms with Gasteiger partial charge in [-0.15, -0.1) is 0 Å². The number of hydrogen-bond acceptors (Lipinski definition) is 4. The van der Waals surface area contributed by atoms with Gasteiger partial charge in [0, 0.05) is 6.20 Å². The summed E-state index contributed by atoms with van der Waals surface area (Å²) in [6, 6.07) is 0. The number of methoxy groups -OCH3 is 1. The van der Waals surface area contributed by atoms with Crippen molar-refractivity contribution in [3.05, 3.63) is 24.3 Å². The number of imidazole rings is 1. The van der Waals surface area contributed by atoms with Crippen LogP contribution in [0.2, 0.25) is 0 Å². The first kappa shape index (κ1) is 9.45. The van der Waals surface area contributed by atoms with Crippen LogP contribution in [-0.2, 0) is 11.2 Å². The lowest BCUT2D eigenvalue weighted by molar-refractivity contribution is -0.136. The summed E-state index contributed by atoms with van der Waals surface area (Å²) in [4.78, 5) is 18.6. The third-order valence-electron chi connectivity index (χ3n) is 1.99. The van der Waals surface area contributed by atoms with E-state index in [-0.39, 0.29) is 6.42 Å². The van der Waals surface area contributed by atoms with Crippen molar-refractivity contribution in [3.8, 4) is 5.88 Å². The average molecular weight is 207 g/mol. The SMILES string of the molecule is COc1cn2c(CC(=O)O)cnc2cn1. The molecule has 1 N–H and O–H groups in total. The Bertz CT molecular complexity index is 506. The molecule has 0 aliphatic carbocycles. The Morgan fingerprint density at radius 2 is 2.33 bits per heavy atom. The number of ether oxygens (including phenoxy) is 1. The molecule has 2 aromatic heterocycles. The lowest BCUT2D eigenvalue weighted by atomic mass is 10.3. The number of carboxylic acid groups (broad SMARTS) is 1. The fourth-order valence-corrected chi connectivity index (χ4v) is 1.31. The van der Waals surface area contributed by atoms with Gasteiger partial charge in [-0.3, -0.25) is 9.20 Å². The van der Waals surface area contributed by atoms with Gasteiger partial charge in [0.15, 0.2) is 5.65 Å². The predicted octanol–water partition coefficient (Wildman–Crippen LogP) is 0.365. The second-order valence-corrected chi connectivity index (χ2v) is 2.98. The van der Waals surface area contributed by atoms with Gasteiger partial charge in [0.25, 0.3) is 0 Å². The first-order chi connectivity index (χ1) is 7.20. The Hall–Kier alpha value is -2.11. The van der Waals surface area contributed by atoms with E-state index in [4.69, 9.17) is 9.84 Å². The van der Waals surface area contributed by atoms with Crippen LogP contribution >= 0.6 is 0 Å². The zero-order chi connectivity index (χ0) is 10.8. The summed E-state index contributed by atoms with van der Waals surface area (Å²) in [5, 5.41) is 8.68. The molecule has 0 amide bonds. The zero-order valence-electron chi connectivity index (χ0n) is 8.04. The van der Waals surface area contributed by atoms with Crippen LogP contribution in [0.5, 0.6) is 5.88 Å². The highest BCUT2D eigenvalue weighted by atomic mass is 16.5. The van der Waals surface area contributed by atoms with Crippen molar-refractivity contribution >= 4 is 11.6 Å². The minimum Gasteiger partial charge on any atom is -0.481 e. The topological polar surface area (TPSA) is 76.7 Å². The maximum absolute atomic E-state index is 10.6. The third-order valence-corrected chi connectivity index (χ3v) is 1.99. The molecular weight excluding hydrogens is 198 g/mol. The molecule has 6 heteroatoms. The molecule has 0 saturated heterocycles. The van der Waals surface area contributed by atoms with Crippen LogP contribution in [0, 0.1) is 0 Å². The van der Waals surface area contributed by atoms with E-state index in [1.54, 1.807) is 10.6 Å². The number of aliphatic carboxylic acids is 1. The highest BCUT2D eigenvalue weighted by molar-refractivity contribution is 5.70. The maximum atomic E-state index is 10.6. The molecule has 0 aliphatic rings. The van der Waals surface area contributed by atoms with Crippen LogP contribution in [0.1, 0.15) is 5.69 Å². The van der Waals surface area contributed by atoms with Crippen LogP contribution in [0.3, 0.4) is 0 Å². The molecule has 15 heavy (non-hydrogen) atoms. The number of carbonyl (C=O) groups is 1. The van der Waals surface area contributed by atoms with Gasteiger partial charge in [-0.05, 0) is 0 Å². The van der Waals surface area contributed by atoms with Gasteiger partial charge in [0.2, 0.25) is 5.88 Å². The van der Waals surface area contributed by atoms with Crippen molar-refractivity contribution in [3.63, 3.8) is 0 Å². The number of carboxylic acids is 1. The summed E-state index contributed by atoms with van der Waals surface area (Å²) in [7, 11) is 1.50. The number of hydrogen-bond donors (Lipinski definition) is 1. The van der Waals surface area contributed by atoms with Crippen molar-refractivity contribution < 1.29 is 14.6 Å².